The van der Waals surface area contributed by atoms with Crippen LogP contribution >= 0.6 is 0 Å². The molecule has 204 valence electrons. The summed E-state index contributed by atoms with van der Waals surface area (Å²) >= 11 is 0. The average molecular weight is 545 g/mol. The molecular formula is C37H40O2Si. The van der Waals surface area contributed by atoms with Gasteiger partial charge >= 0.3 is 0 Å². The fourth-order valence-electron chi connectivity index (χ4n) is 6.61. The third kappa shape index (κ3) is 4.65. The molecule has 4 aromatic carbocycles. The van der Waals surface area contributed by atoms with Crippen molar-refractivity contribution >= 4 is 18.4 Å². The molecule has 1 unspecified atom stereocenters. The molecule has 40 heavy (non-hydrogen) atoms. The van der Waals surface area contributed by atoms with E-state index in [0.717, 1.165) is 18.4 Å². The van der Waals surface area contributed by atoms with Crippen LogP contribution in [-0.4, -0.2) is 22.3 Å². The average Bonchev–Trinajstić information content (AvgIpc) is 3.26. The van der Waals surface area contributed by atoms with Crippen LogP contribution in [0.2, 0.25) is 5.04 Å². The molecule has 1 atom stereocenters. The highest BCUT2D eigenvalue weighted by Gasteiger charge is 2.55. The van der Waals surface area contributed by atoms with Gasteiger partial charge in [-0.3, -0.25) is 0 Å². The van der Waals surface area contributed by atoms with Crippen LogP contribution in [0, 0.1) is 11.5 Å². The summed E-state index contributed by atoms with van der Waals surface area (Å²) in [5.41, 5.74) is 14.3. The van der Waals surface area contributed by atoms with E-state index in [4.69, 9.17) is 9.47 Å². The van der Waals surface area contributed by atoms with E-state index < -0.39 is 8.07 Å². The molecule has 0 N–H and O–H groups in total. The molecule has 0 spiro atoms. The van der Waals surface area contributed by atoms with Gasteiger partial charge in [0, 0.05) is 19.8 Å². The van der Waals surface area contributed by atoms with Crippen LogP contribution in [0.1, 0.15) is 56.4 Å². The number of fused-ring (bicyclic) bond motifs is 3. The standard InChI is InChI=1S/C37H40O2Si/c1-7-16-29-31(25-38-5)32(26-39-6)34(28-19-12-9-13-20-28)35-30-21-14-15-22-33(30)40(36(29)35,37(2,3)4)24-23-27-17-10-8-11-18-27/h8-15,17-22H,7,16,25-26H2,1-6H3. The molecule has 5 rings (SSSR count). The molecular weight excluding hydrogens is 504 g/mol. The molecule has 0 bridgehead atoms. The Morgan fingerprint density at radius 1 is 0.700 bits per heavy atom. The number of hydrogen-bond donors (Lipinski definition) is 0. The quantitative estimate of drug-likeness (QED) is 0.177. The summed E-state index contributed by atoms with van der Waals surface area (Å²) in [6.07, 6.45) is 2.04. The van der Waals surface area contributed by atoms with Crippen molar-refractivity contribution in [2.24, 2.45) is 0 Å². The van der Waals surface area contributed by atoms with Crippen molar-refractivity contribution in [3.63, 3.8) is 0 Å². The van der Waals surface area contributed by atoms with Gasteiger partial charge in [-0.25, -0.2) is 0 Å². The second-order valence-electron chi connectivity index (χ2n) is 11.7. The van der Waals surface area contributed by atoms with Crippen molar-refractivity contribution < 1.29 is 9.47 Å². The van der Waals surface area contributed by atoms with Gasteiger partial charge in [-0.05, 0) is 72.9 Å². The lowest BCUT2D eigenvalue weighted by Gasteiger charge is -2.39. The van der Waals surface area contributed by atoms with E-state index >= 15 is 0 Å². The Balaban J connectivity index is 2.04. The summed E-state index contributed by atoms with van der Waals surface area (Å²) < 4.78 is 11.8. The molecule has 0 amide bonds. The van der Waals surface area contributed by atoms with Gasteiger partial charge in [-0.1, -0.05) is 113 Å². The summed E-state index contributed by atoms with van der Waals surface area (Å²) in [5.74, 6) is 3.69. The summed E-state index contributed by atoms with van der Waals surface area (Å²) in [6, 6.07) is 30.4. The second-order valence-corrected chi connectivity index (χ2v) is 16.0. The number of methoxy groups -OCH3 is 2. The molecule has 2 nitrogen and oxygen atoms in total. The summed E-state index contributed by atoms with van der Waals surface area (Å²) in [7, 11) is 0.935. The minimum absolute atomic E-state index is 0.0559. The zero-order chi connectivity index (χ0) is 28.3. The molecule has 0 aliphatic carbocycles. The SMILES string of the molecule is CCCc1c(COC)c(COC)c(-c2ccccc2)c2c1[Si](C#Cc1ccccc1)(C(C)(C)C)c1ccccc1-2. The van der Waals surface area contributed by atoms with E-state index in [2.05, 4.69) is 124 Å². The van der Waals surface area contributed by atoms with Crippen LogP contribution in [0.3, 0.4) is 0 Å². The number of rotatable bonds is 7. The Morgan fingerprint density at radius 2 is 1.30 bits per heavy atom. The molecule has 1 aliphatic heterocycles. The molecule has 0 fully saturated rings. The lowest BCUT2D eigenvalue weighted by atomic mass is 9.84. The first kappa shape index (κ1) is 28.1. The van der Waals surface area contributed by atoms with E-state index in [1.165, 1.54) is 49.3 Å². The maximum Gasteiger partial charge on any atom is 0.206 e. The van der Waals surface area contributed by atoms with E-state index in [9.17, 15) is 0 Å². The summed E-state index contributed by atoms with van der Waals surface area (Å²) in [6.45, 7) is 10.6. The maximum atomic E-state index is 5.94. The maximum absolute atomic E-state index is 5.94. The van der Waals surface area contributed by atoms with E-state index in [-0.39, 0.29) is 5.04 Å². The van der Waals surface area contributed by atoms with Gasteiger partial charge in [0.15, 0.2) is 0 Å². The molecule has 4 aromatic rings. The normalized spacial score (nSPS) is 15.8. The van der Waals surface area contributed by atoms with E-state index in [0.29, 0.717) is 13.2 Å². The number of ether oxygens (including phenoxy) is 2. The van der Waals surface area contributed by atoms with Gasteiger partial charge in [-0.2, -0.15) is 0 Å². The predicted molar refractivity (Wildman–Crippen MR) is 171 cm³/mol. The second kappa shape index (κ2) is 11.6. The largest absolute Gasteiger partial charge is 0.380 e. The zero-order valence-corrected chi connectivity index (χ0v) is 25.7. The van der Waals surface area contributed by atoms with Crippen LogP contribution in [0.25, 0.3) is 22.3 Å². The van der Waals surface area contributed by atoms with Crippen molar-refractivity contribution in [3.05, 3.63) is 107 Å². The summed E-state index contributed by atoms with van der Waals surface area (Å²) in [4.78, 5) is 0. The Bertz CT molecular complexity index is 1560. The molecule has 3 heteroatoms. The minimum atomic E-state index is -2.67. The summed E-state index contributed by atoms with van der Waals surface area (Å²) in [5, 5.41) is 2.85. The van der Waals surface area contributed by atoms with Crippen LogP contribution in [0.5, 0.6) is 0 Å². The highest BCUT2D eigenvalue weighted by atomic mass is 28.3. The number of hydrogen-bond acceptors (Lipinski definition) is 2. The van der Waals surface area contributed by atoms with Crippen LogP contribution < -0.4 is 10.4 Å². The number of benzene rings is 4. The monoisotopic (exact) mass is 544 g/mol. The van der Waals surface area contributed by atoms with Gasteiger partial charge in [0.2, 0.25) is 8.07 Å². The Morgan fingerprint density at radius 3 is 1.93 bits per heavy atom. The fourth-order valence-corrected chi connectivity index (χ4v) is 11.7. The van der Waals surface area contributed by atoms with Crippen molar-refractivity contribution in [1.82, 2.24) is 0 Å². The lowest BCUT2D eigenvalue weighted by Crippen LogP contribution is -2.62. The molecule has 0 radical (unpaired) electrons. The van der Waals surface area contributed by atoms with Gasteiger partial charge in [-0.15, -0.1) is 5.54 Å². The Labute approximate surface area is 241 Å². The lowest BCUT2D eigenvalue weighted by molar-refractivity contribution is 0.168. The highest BCUT2D eigenvalue weighted by Crippen LogP contribution is 2.48. The molecule has 0 aromatic heterocycles. The molecule has 0 saturated carbocycles. The molecule has 1 heterocycles. The van der Waals surface area contributed by atoms with Gasteiger partial charge in [0.05, 0.1) is 13.2 Å². The Kier molecular flexibility index (Phi) is 8.15. The fraction of sp³-hybridized carbons (Fsp3) is 0.297. The molecule has 1 aliphatic rings. The topological polar surface area (TPSA) is 18.5 Å². The van der Waals surface area contributed by atoms with Crippen molar-refractivity contribution in [2.45, 2.75) is 58.8 Å². The smallest absolute Gasteiger partial charge is 0.206 e. The van der Waals surface area contributed by atoms with Crippen LogP contribution in [0.15, 0.2) is 84.9 Å². The minimum Gasteiger partial charge on any atom is -0.380 e. The first-order valence-corrected chi connectivity index (χ1v) is 16.3. The van der Waals surface area contributed by atoms with E-state index in [1.807, 2.05) is 0 Å². The highest BCUT2D eigenvalue weighted by molar-refractivity contribution is 7.13. The van der Waals surface area contributed by atoms with Crippen molar-refractivity contribution in [3.8, 4) is 33.7 Å². The third-order valence-electron chi connectivity index (χ3n) is 8.24. The Hall–Kier alpha value is -3.42. The van der Waals surface area contributed by atoms with Crippen LogP contribution in [-0.2, 0) is 29.1 Å². The molecule has 0 saturated heterocycles. The van der Waals surface area contributed by atoms with Gasteiger partial charge < -0.3 is 9.47 Å². The van der Waals surface area contributed by atoms with Crippen molar-refractivity contribution in [2.75, 3.05) is 14.2 Å². The van der Waals surface area contributed by atoms with Gasteiger partial charge in [0.25, 0.3) is 0 Å². The van der Waals surface area contributed by atoms with Crippen molar-refractivity contribution in [1.29, 1.82) is 0 Å². The van der Waals surface area contributed by atoms with Gasteiger partial charge in [0.1, 0.15) is 0 Å². The van der Waals surface area contributed by atoms with E-state index in [1.54, 1.807) is 14.2 Å². The predicted octanol–water partition coefficient (Wildman–Crippen LogP) is 7.53. The third-order valence-corrected chi connectivity index (χ3v) is 13.5. The van der Waals surface area contributed by atoms with Crippen LogP contribution in [0.4, 0.5) is 0 Å². The first-order chi connectivity index (χ1) is 19.4. The first-order valence-electron chi connectivity index (χ1n) is 14.3. The zero-order valence-electron chi connectivity index (χ0n) is 24.7.